The van der Waals surface area contributed by atoms with Crippen molar-refractivity contribution in [2.75, 3.05) is 6.61 Å². The van der Waals surface area contributed by atoms with Gasteiger partial charge in [0.15, 0.2) is 0 Å². The molecule has 0 saturated carbocycles. The first-order valence-corrected chi connectivity index (χ1v) is 7.47. The number of aliphatic hydroxyl groups is 1. The van der Waals surface area contributed by atoms with E-state index in [0.29, 0.717) is 31.8 Å². The molecular formula is C15H20BrFO2. The van der Waals surface area contributed by atoms with E-state index < -0.39 is 5.60 Å². The molecule has 19 heavy (non-hydrogen) atoms. The highest BCUT2D eigenvalue weighted by Gasteiger charge is 2.36. The minimum absolute atomic E-state index is 0.0751. The summed E-state index contributed by atoms with van der Waals surface area (Å²) in [4.78, 5) is 0. The van der Waals surface area contributed by atoms with Gasteiger partial charge in [-0.3, -0.25) is 0 Å². The quantitative estimate of drug-likeness (QED) is 0.915. The maximum absolute atomic E-state index is 13.3. The molecule has 1 saturated heterocycles. The Hall–Kier alpha value is -0.450. The zero-order valence-corrected chi connectivity index (χ0v) is 12.9. The summed E-state index contributed by atoms with van der Waals surface area (Å²) in [6, 6.07) is 4.59. The van der Waals surface area contributed by atoms with Crippen molar-refractivity contribution in [2.45, 2.75) is 44.8 Å². The van der Waals surface area contributed by atoms with Gasteiger partial charge in [0.2, 0.25) is 0 Å². The number of halogens is 2. The van der Waals surface area contributed by atoms with E-state index in [9.17, 15) is 9.50 Å². The van der Waals surface area contributed by atoms with Gasteiger partial charge in [0.05, 0.1) is 11.7 Å². The summed E-state index contributed by atoms with van der Waals surface area (Å²) >= 11 is 3.42. The lowest BCUT2D eigenvalue weighted by molar-refractivity contribution is -0.116. The molecule has 1 fully saturated rings. The van der Waals surface area contributed by atoms with Crippen LogP contribution in [0, 0.1) is 11.7 Å². The molecule has 106 valence electrons. The molecular weight excluding hydrogens is 311 g/mol. The van der Waals surface area contributed by atoms with Gasteiger partial charge in [-0.2, -0.15) is 0 Å². The van der Waals surface area contributed by atoms with E-state index in [-0.39, 0.29) is 11.9 Å². The molecule has 1 heterocycles. The van der Waals surface area contributed by atoms with Crippen LogP contribution in [0.2, 0.25) is 0 Å². The van der Waals surface area contributed by atoms with Crippen molar-refractivity contribution in [3.63, 3.8) is 0 Å². The molecule has 1 aliphatic rings. The third kappa shape index (κ3) is 3.77. The molecule has 0 radical (unpaired) electrons. The van der Waals surface area contributed by atoms with E-state index in [1.807, 2.05) is 0 Å². The van der Waals surface area contributed by atoms with Crippen LogP contribution in [-0.4, -0.2) is 23.4 Å². The maximum Gasteiger partial charge on any atom is 0.123 e. The van der Waals surface area contributed by atoms with Crippen LogP contribution in [0.5, 0.6) is 0 Å². The number of rotatable bonds is 3. The van der Waals surface area contributed by atoms with Crippen LogP contribution in [0.1, 0.15) is 32.3 Å². The van der Waals surface area contributed by atoms with Crippen molar-refractivity contribution >= 4 is 15.9 Å². The van der Waals surface area contributed by atoms with E-state index in [2.05, 4.69) is 29.8 Å². The molecule has 1 N–H and O–H groups in total. The molecule has 2 nitrogen and oxygen atoms in total. The lowest BCUT2D eigenvalue weighted by atomic mass is 9.82. The topological polar surface area (TPSA) is 29.5 Å². The third-order valence-electron chi connectivity index (χ3n) is 3.75. The molecule has 0 bridgehead atoms. The summed E-state index contributed by atoms with van der Waals surface area (Å²) in [6.07, 6.45) is 1.73. The minimum atomic E-state index is -0.802. The molecule has 2 atom stereocenters. The fourth-order valence-electron chi connectivity index (χ4n) is 2.56. The summed E-state index contributed by atoms with van der Waals surface area (Å²) in [5, 5.41) is 10.7. The Morgan fingerprint density at radius 2 is 2.26 bits per heavy atom. The van der Waals surface area contributed by atoms with Gasteiger partial charge in [-0.05, 0) is 36.1 Å². The van der Waals surface area contributed by atoms with Crippen molar-refractivity contribution in [1.29, 1.82) is 0 Å². The second-order valence-corrected chi connectivity index (χ2v) is 6.60. The molecule has 2 rings (SSSR count). The van der Waals surface area contributed by atoms with Gasteiger partial charge < -0.3 is 9.84 Å². The summed E-state index contributed by atoms with van der Waals surface area (Å²) in [5.41, 5.74) is 0.00987. The lowest BCUT2D eigenvalue weighted by Crippen LogP contribution is -2.44. The Bertz CT molecular complexity index is 450. The molecule has 1 aromatic rings. The summed E-state index contributed by atoms with van der Waals surface area (Å²) in [7, 11) is 0. The Kier molecular flexibility index (Phi) is 4.64. The number of hydrogen-bond acceptors (Lipinski definition) is 2. The van der Waals surface area contributed by atoms with Crippen molar-refractivity contribution in [1.82, 2.24) is 0 Å². The van der Waals surface area contributed by atoms with Crippen LogP contribution in [0.3, 0.4) is 0 Å². The van der Waals surface area contributed by atoms with Crippen molar-refractivity contribution in [3.8, 4) is 0 Å². The number of ether oxygens (including phenoxy) is 1. The highest BCUT2D eigenvalue weighted by Crippen LogP contribution is 2.33. The zero-order chi connectivity index (χ0) is 14.0. The van der Waals surface area contributed by atoms with Crippen molar-refractivity contribution in [2.24, 2.45) is 5.92 Å². The van der Waals surface area contributed by atoms with E-state index >= 15 is 0 Å². The molecule has 0 spiro atoms. The van der Waals surface area contributed by atoms with Crippen LogP contribution in [-0.2, 0) is 11.2 Å². The summed E-state index contributed by atoms with van der Waals surface area (Å²) in [5.74, 6) is 0.108. The first-order valence-electron chi connectivity index (χ1n) is 6.67. The predicted octanol–water partition coefficient (Wildman–Crippen LogP) is 3.70. The highest BCUT2D eigenvalue weighted by molar-refractivity contribution is 9.10. The van der Waals surface area contributed by atoms with E-state index in [4.69, 9.17) is 4.74 Å². The van der Waals surface area contributed by atoms with Gasteiger partial charge in [0.25, 0.3) is 0 Å². The number of hydrogen-bond donors (Lipinski definition) is 1. The summed E-state index contributed by atoms with van der Waals surface area (Å²) < 4.78 is 19.8. The Morgan fingerprint density at radius 1 is 1.53 bits per heavy atom. The molecule has 2 unspecified atom stereocenters. The smallest absolute Gasteiger partial charge is 0.123 e. The largest absolute Gasteiger partial charge is 0.389 e. The van der Waals surface area contributed by atoms with Gasteiger partial charge in [-0.1, -0.05) is 29.8 Å². The molecule has 1 aliphatic heterocycles. The average Bonchev–Trinajstić information content (AvgIpc) is 2.33. The molecule has 0 aliphatic carbocycles. The van der Waals surface area contributed by atoms with E-state index in [1.54, 1.807) is 6.07 Å². The van der Waals surface area contributed by atoms with Gasteiger partial charge in [-0.15, -0.1) is 0 Å². The van der Waals surface area contributed by atoms with E-state index in [1.165, 1.54) is 12.1 Å². The van der Waals surface area contributed by atoms with Crippen LogP contribution < -0.4 is 0 Å². The minimum Gasteiger partial charge on any atom is -0.389 e. The molecule has 0 amide bonds. The second-order valence-electron chi connectivity index (χ2n) is 5.74. The normalized spacial score (nSPS) is 27.8. The van der Waals surface area contributed by atoms with Crippen molar-refractivity contribution < 1.29 is 14.2 Å². The lowest BCUT2D eigenvalue weighted by Gasteiger charge is -2.38. The molecule has 1 aromatic carbocycles. The van der Waals surface area contributed by atoms with Crippen LogP contribution in [0.15, 0.2) is 22.7 Å². The van der Waals surface area contributed by atoms with Crippen LogP contribution in [0.25, 0.3) is 0 Å². The average molecular weight is 331 g/mol. The van der Waals surface area contributed by atoms with Gasteiger partial charge >= 0.3 is 0 Å². The highest BCUT2D eigenvalue weighted by atomic mass is 79.9. The summed E-state index contributed by atoms with van der Waals surface area (Å²) in [6.45, 7) is 4.75. The standard InChI is InChI=1S/C15H20BrFO2/c1-10(2)14-9-15(18,5-6-19-14)8-11-7-12(17)3-4-13(11)16/h3-4,7,10,14,18H,5-6,8-9H2,1-2H3. The number of benzene rings is 1. The first kappa shape index (κ1) is 14.9. The van der Waals surface area contributed by atoms with Gasteiger partial charge in [0, 0.05) is 23.9 Å². The zero-order valence-electron chi connectivity index (χ0n) is 11.3. The van der Waals surface area contributed by atoms with Gasteiger partial charge in [-0.25, -0.2) is 4.39 Å². The van der Waals surface area contributed by atoms with Crippen molar-refractivity contribution in [3.05, 3.63) is 34.1 Å². The molecule has 4 heteroatoms. The third-order valence-corrected chi connectivity index (χ3v) is 4.52. The molecule has 0 aromatic heterocycles. The predicted molar refractivity (Wildman–Crippen MR) is 76.6 cm³/mol. The Morgan fingerprint density at radius 3 is 2.95 bits per heavy atom. The monoisotopic (exact) mass is 330 g/mol. The second kappa shape index (κ2) is 5.90. The Labute approximate surface area is 122 Å². The fraction of sp³-hybridized carbons (Fsp3) is 0.600. The first-order chi connectivity index (χ1) is 8.89. The van der Waals surface area contributed by atoms with Gasteiger partial charge in [0.1, 0.15) is 5.82 Å². The van der Waals surface area contributed by atoms with Crippen LogP contribution >= 0.6 is 15.9 Å². The Balaban J connectivity index is 2.14. The van der Waals surface area contributed by atoms with E-state index in [0.717, 1.165) is 10.0 Å². The van der Waals surface area contributed by atoms with Crippen LogP contribution in [0.4, 0.5) is 4.39 Å². The maximum atomic E-state index is 13.3. The fourth-order valence-corrected chi connectivity index (χ4v) is 2.94. The SMILES string of the molecule is CC(C)C1CC(O)(Cc2cc(F)ccc2Br)CCO1.